The van der Waals surface area contributed by atoms with Crippen LogP contribution in [0.15, 0.2) is 11.3 Å². The van der Waals surface area contributed by atoms with Crippen molar-refractivity contribution in [1.82, 2.24) is 10.2 Å². The van der Waals surface area contributed by atoms with E-state index in [-0.39, 0.29) is 16.6 Å². The van der Waals surface area contributed by atoms with E-state index in [0.29, 0.717) is 0 Å². The predicted molar refractivity (Wildman–Crippen MR) is 95.8 cm³/mol. The van der Waals surface area contributed by atoms with Gasteiger partial charge in [0.05, 0.1) is 12.9 Å². The van der Waals surface area contributed by atoms with Crippen LogP contribution in [0.25, 0.3) is 0 Å². The molecule has 2 heterocycles. The van der Waals surface area contributed by atoms with E-state index in [4.69, 9.17) is 39.5 Å². The largest absolute Gasteiger partial charge is 0.456 e. The number of sulfone groups is 1. The first-order chi connectivity index (χ1) is 11.9. The Hall–Kier alpha value is -0.750. The molecular weight excluding hydrogens is 502 g/mol. The van der Waals surface area contributed by atoms with E-state index in [0.717, 1.165) is 12.0 Å². The van der Waals surface area contributed by atoms with Gasteiger partial charge in [-0.3, -0.25) is 9.69 Å². The van der Waals surface area contributed by atoms with Gasteiger partial charge in [-0.2, -0.15) is 0 Å². The fourth-order valence-corrected chi connectivity index (χ4v) is 5.43. The minimum atomic E-state index is -3.87. The smallest absolute Gasteiger partial charge is 0.407 e. The van der Waals surface area contributed by atoms with Gasteiger partial charge in [0.1, 0.15) is 18.3 Å². The third-order valence-electron chi connectivity index (χ3n) is 3.54. The van der Waals surface area contributed by atoms with E-state index in [1.165, 1.54) is 0 Å². The van der Waals surface area contributed by atoms with Gasteiger partial charge in [0, 0.05) is 5.33 Å². The van der Waals surface area contributed by atoms with Gasteiger partial charge < -0.3 is 14.8 Å². The van der Waals surface area contributed by atoms with Gasteiger partial charge in [0.2, 0.25) is 3.79 Å². The maximum absolute atomic E-state index is 12.5. The van der Waals surface area contributed by atoms with Crippen molar-refractivity contribution in [2.45, 2.75) is 15.2 Å². The number of amides is 2. The molecular formula is C12H12BrCl3N2O7S. The third-order valence-corrected chi connectivity index (χ3v) is 6.52. The lowest BCUT2D eigenvalue weighted by atomic mass is 10.0. The second kappa shape index (κ2) is 7.70. The van der Waals surface area contributed by atoms with E-state index in [9.17, 15) is 22.8 Å². The summed E-state index contributed by atoms with van der Waals surface area (Å²) >= 11 is 19.7. The summed E-state index contributed by atoms with van der Waals surface area (Å²) in [4.78, 5) is 36.8. The minimum absolute atomic E-state index is 0.00394. The molecule has 0 aromatic carbocycles. The van der Waals surface area contributed by atoms with Crippen LogP contribution in [0.4, 0.5) is 4.79 Å². The maximum atomic E-state index is 12.5. The molecule has 26 heavy (non-hydrogen) atoms. The van der Waals surface area contributed by atoms with Crippen molar-refractivity contribution < 1.29 is 32.3 Å². The zero-order chi connectivity index (χ0) is 19.9. The van der Waals surface area contributed by atoms with Crippen molar-refractivity contribution in [3.63, 3.8) is 0 Å². The molecule has 0 spiro atoms. The topological polar surface area (TPSA) is 119 Å². The number of alkyl halides is 4. The number of carbonyl (C=O) groups excluding carboxylic acids is 3. The normalized spacial score (nSPS) is 24.5. The molecule has 1 fully saturated rings. The van der Waals surface area contributed by atoms with Gasteiger partial charge >= 0.3 is 12.1 Å². The standard InChI is InChI=1S/C12H12BrCl3N2O7S/c1-24-11(21)17-6-8(19)18-7(10(20)25-4-12(14,15)16)5(2-13)3-26(22,23)9(6)18/h6,9H,2-4H2,1H3,(H,17,21)/t6?,9-/m1/s1. The number of fused-ring (bicyclic) bond motifs is 1. The molecule has 2 aliphatic heterocycles. The molecule has 2 rings (SSSR count). The Balaban J connectivity index is 2.36. The van der Waals surface area contributed by atoms with Gasteiger partial charge in [0.15, 0.2) is 15.2 Å². The highest BCUT2D eigenvalue weighted by Gasteiger charge is 2.60. The van der Waals surface area contributed by atoms with Crippen molar-refractivity contribution >= 4 is 78.5 Å². The molecule has 1 unspecified atom stereocenters. The first kappa shape index (κ1) is 21.5. The van der Waals surface area contributed by atoms with Crippen molar-refractivity contribution in [1.29, 1.82) is 0 Å². The number of carbonyl (C=O) groups is 3. The second-order valence-corrected chi connectivity index (χ2v) is 10.5. The fraction of sp³-hybridized carbons (Fsp3) is 0.583. The number of methoxy groups -OCH3 is 1. The van der Waals surface area contributed by atoms with Gasteiger partial charge in [-0.25, -0.2) is 18.0 Å². The molecule has 9 nitrogen and oxygen atoms in total. The van der Waals surface area contributed by atoms with Crippen LogP contribution in [0.5, 0.6) is 0 Å². The summed E-state index contributed by atoms with van der Waals surface area (Å²) in [5.41, 5.74) is -0.149. The second-order valence-electron chi connectivity index (χ2n) is 5.30. The molecule has 0 aromatic heterocycles. The highest BCUT2D eigenvalue weighted by atomic mass is 79.9. The summed E-state index contributed by atoms with van der Waals surface area (Å²) in [7, 11) is -2.81. The number of halogens is 4. The third kappa shape index (κ3) is 4.22. The summed E-state index contributed by atoms with van der Waals surface area (Å²) in [6.07, 6.45) is -0.978. The predicted octanol–water partition coefficient (Wildman–Crippen LogP) is 0.870. The number of ether oxygens (including phenoxy) is 2. The average Bonchev–Trinajstić information content (AvgIpc) is 2.55. The van der Waals surface area contributed by atoms with E-state index in [1.807, 2.05) is 0 Å². The highest BCUT2D eigenvalue weighted by molar-refractivity contribution is 9.09. The van der Waals surface area contributed by atoms with Crippen LogP contribution >= 0.6 is 50.7 Å². The molecule has 2 aliphatic rings. The van der Waals surface area contributed by atoms with E-state index in [1.54, 1.807) is 0 Å². The van der Waals surface area contributed by atoms with Gasteiger partial charge in [-0.15, -0.1) is 0 Å². The lowest BCUT2D eigenvalue weighted by molar-refractivity contribution is -0.151. The van der Waals surface area contributed by atoms with Crippen LogP contribution in [0, 0.1) is 0 Å². The number of esters is 1. The molecule has 2 atom stereocenters. The number of hydrogen-bond acceptors (Lipinski definition) is 7. The molecule has 0 saturated carbocycles. The monoisotopic (exact) mass is 512 g/mol. The lowest BCUT2D eigenvalue weighted by Crippen LogP contribution is -2.74. The highest BCUT2D eigenvalue weighted by Crippen LogP contribution is 2.38. The lowest BCUT2D eigenvalue weighted by Gasteiger charge is -2.48. The van der Waals surface area contributed by atoms with Crippen LogP contribution < -0.4 is 5.32 Å². The fourth-order valence-electron chi connectivity index (χ4n) is 2.52. The van der Waals surface area contributed by atoms with Crippen LogP contribution in [-0.2, 0) is 28.9 Å². The summed E-state index contributed by atoms with van der Waals surface area (Å²) in [6, 6.07) is -1.37. The molecule has 0 radical (unpaired) electrons. The van der Waals surface area contributed by atoms with Crippen LogP contribution in [0.2, 0.25) is 0 Å². The Bertz CT molecular complexity index is 780. The van der Waals surface area contributed by atoms with E-state index >= 15 is 0 Å². The first-order valence-electron chi connectivity index (χ1n) is 6.84. The zero-order valence-corrected chi connectivity index (χ0v) is 17.7. The van der Waals surface area contributed by atoms with Crippen molar-refractivity contribution in [2.24, 2.45) is 0 Å². The number of hydrogen-bond donors (Lipinski definition) is 1. The Morgan fingerprint density at radius 1 is 1.38 bits per heavy atom. The summed E-state index contributed by atoms with van der Waals surface area (Å²) < 4.78 is 32.3. The van der Waals surface area contributed by atoms with Crippen molar-refractivity contribution in [3.8, 4) is 0 Å². The quantitative estimate of drug-likeness (QED) is 0.336. The Morgan fingerprint density at radius 3 is 2.50 bits per heavy atom. The summed E-state index contributed by atoms with van der Waals surface area (Å²) in [6.45, 7) is -0.598. The molecule has 1 saturated heterocycles. The molecule has 1 N–H and O–H groups in total. The Kier molecular flexibility index (Phi) is 6.39. The van der Waals surface area contributed by atoms with Gasteiger partial charge in [-0.1, -0.05) is 50.7 Å². The summed E-state index contributed by atoms with van der Waals surface area (Å²) in [5.74, 6) is -2.33. The molecule has 0 aliphatic carbocycles. The number of alkyl carbamates (subject to hydrolysis) is 1. The number of nitrogens with one attached hydrogen (secondary N) is 1. The van der Waals surface area contributed by atoms with Gasteiger partial charge in [0.25, 0.3) is 5.91 Å². The van der Waals surface area contributed by atoms with Crippen LogP contribution in [0.3, 0.4) is 0 Å². The molecule has 2 amide bonds. The summed E-state index contributed by atoms with van der Waals surface area (Å²) in [5, 5.41) is 0.682. The van der Waals surface area contributed by atoms with E-state index < -0.39 is 55.4 Å². The molecule has 0 aromatic rings. The molecule has 146 valence electrons. The van der Waals surface area contributed by atoms with Crippen molar-refractivity contribution in [2.75, 3.05) is 24.8 Å². The SMILES string of the molecule is COC(=O)NC1C(=O)N2C(C(=O)OCC(Cl)(Cl)Cl)=C(CBr)CS(=O)(=O)[C@H]12. The number of nitrogens with zero attached hydrogens (tertiary/aromatic N) is 1. The average molecular weight is 515 g/mol. The van der Waals surface area contributed by atoms with E-state index in [2.05, 4.69) is 26.0 Å². The zero-order valence-electron chi connectivity index (χ0n) is 13.0. The molecule has 0 bridgehead atoms. The van der Waals surface area contributed by atoms with Crippen LogP contribution in [-0.4, -0.2) is 71.3 Å². The minimum Gasteiger partial charge on any atom is -0.456 e. The van der Waals surface area contributed by atoms with Crippen LogP contribution in [0.1, 0.15) is 0 Å². The number of rotatable bonds is 4. The first-order valence-corrected chi connectivity index (χ1v) is 10.8. The van der Waals surface area contributed by atoms with Gasteiger partial charge in [-0.05, 0) is 5.57 Å². The van der Waals surface area contributed by atoms with Crippen molar-refractivity contribution in [3.05, 3.63) is 11.3 Å². The Morgan fingerprint density at radius 2 is 2.00 bits per heavy atom. The number of β-lactam (4-membered cyclic amide) rings is 1. The Labute approximate surface area is 171 Å². The maximum Gasteiger partial charge on any atom is 0.407 e. The molecule has 14 heteroatoms.